The number of hydrogen-bond acceptors (Lipinski definition) is 2. The zero-order valence-corrected chi connectivity index (χ0v) is 10.3. The Morgan fingerprint density at radius 1 is 1.24 bits per heavy atom. The van der Waals surface area contributed by atoms with Crippen LogP contribution >= 0.6 is 0 Å². The fourth-order valence-corrected chi connectivity index (χ4v) is 2.56. The van der Waals surface area contributed by atoms with Crippen LogP contribution < -0.4 is 10.1 Å². The van der Waals surface area contributed by atoms with Gasteiger partial charge in [-0.1, -0.05) is 12.1 Å². The molecule has 1 saturated heterocycles. The first-order chi connectivity index (χ1) is 8.40. The Bertz CT molecular complexity index is 367. The van der Waals surface area contributed by atoms with Crippen molar-refractivity contribution in [1.29, 1.82) is 0 Å². The average molecular weight is 231 g/mol. The molecule has 2 heteroatoms. The largest absolute Gasteiger partial charge is 0.490 e. The molecule has 1 aromatic carbocycles. The minimum absolute atomic E-state index is 0.501. The number of nitrogens with one attached hydrogen (secondary N) is 1. The molecule has 3 rings (SSSR count). The van der Waals surface area contributed by atoms with E-state index >= 15 is 0 Å². The second-order valence-corrected chi connectivity index (χ2v) is 5.38. The SMILES string of the molecule is c1cc(CC2CCCNC2)cc(OC2CC2)c1. The van der Waals surface area contributed by atoms with Gasteiger partial charge in [0.2, 0.25) is 0 Å². The number of benzene rings is 1. The molecule has 1 aromatic rings. The van der Waals surface area contributed by atoms with Crippen molar-refractivity contribution in [1.82, 2.24) is 5.32 Å². The van der Waals surface area contributed by atoms with Gasteiger partial charge in [0.25, 0.3) is 0 Å². The normalized spacial score (nSPS) is 24.6. The van der Waals surface area contributed by atoms with E-state index in [2.05, 4.69) is 29.6 Å². The first kappa shape index (κ1) is 11.1. The third kappa shape index (κ3) is 3.22. The highest BCUT2D eigenvalue weighted by Gasteiger charge is 2.23. The Hall–Kier alpha value is -1.02. The van der Waals surface area contributed by atoms with Crippen LogP contribution in [-0.2, 0) is 6.42 Å². The van der Waals surface area contributed by atoms with Gasteiger partial charge in [-0.25, -0.2) is 0 Å². The van der Waals surface area contributed by atoms with Crippen LogP contribution in [0.3, 0.4) is 0 Å². The first-order valence-electron chi connectivity index (χ1n) is 6.86. The fraction of sp³-hybridized carbons (Fsp3) is 0.600. The second-order valence-electron chi connectivity index (χ2n) is 5.38. The molecule has 1 N–H and O–H groups in total. The number of ether oxygens (including phenoxy) is 1. The van der Waals surface area contributed by atoms with Crippen LogP contribution in [-0.4, -0.2) is 19.2 Å². The van der Waals surface area contributed by atoms with Gasteiger partial charge in [-0.05, 0) is 68.8 Å². The number of rotatable bonds is 4. The molecule has 1 aliphatic heterocycles. The van der Waals surface area contributed by atoms with Crippen molar-refractivity contribution < 1.29 is 4.74 Å². The van der Waals surface area contributed by atoms with Gasteiger partial charge >= 0.3 is 0 Å². The number of hydrogen-bond donors (Lipinski definition) is 1. The molecule has 92 valence electrons. The summed E-state index contributed by atoms with van der Waals surface area (Å²) >= 11 is 0. The molecule has 0 amide bonds. The van der Waals surface area contributed by atoms with E-state index in [1.165, 1.54) is 50.8 Å². The van der Waals surface area contributed by atoms with Gasteiger partial charge in [0.15, 0.2) is 0 Å². The van der Waals surface area contributed by atoms with Gasteiger partial charge in [0.05, 0.1) is 6.10 Å². The van der Waals surface area contributed by atoms with Crippen LogP contribution in [0.5, 0.6) is 5.75 Å². The molecular weight excluding hydrogens is 210 g/mol. The number of piperidine rings is 1. The molecule has 1 saturated carbocycles. The zero-order valence-electron chi connectivity index (χ0n) is 10.3. The van der Waals surface area contributed by atoms with Gasteiger partial charge in [-0.3, -0.25) is 0 Å². The molecule has 2 nitrogen and oxygen atoms in total. The molecule has 17 heavy (non-hydrogen) atoms. The predicted octanol–water partition coefficient (Wildman–Crippen LogP) is 2.77. The topological polar surface area (TPSA) is 21.3 Å². The minimum Gasteiger partial charge on any atom is -0.490 e. The summed E-state index contributed by atoms with van der Waals surface area (Å²) in [4.78, 5) is 0. The highest BCUT2D eigenvalue weighted by molar-refractivity contribution is 5.29. The summed E-state index contributed by atoms with van der Waals surface area (Å²) in [5, 5.41) is 3.48. The van der Waals surface area contributed by atoms with E-state index in [1.54, 1.807) is 0 Å². The summed E-state index contributed by atoms with van der Waals surface area (Å²) in [6.45, 7) is 2.37. The lowest BCUT2D eigenvalue weighted by atomic mass is 9.92. The van der Waals surface area contributed by atoms with Gasteiger partial charge in [-0.2, -0.15) is 0 Å². The monoisotopic (exact) mass is 231 g/mol. The Kier molecular flexibility index (Phi) is 3.32. The molecular formula is C15H21NO. The molecule has 0 radical (unpaired) electrons. The minimum atomic E-state index is 0.501. The first-order valence-corrected chi connectivity index (χ1v) is 6.86. The molecule has 1 unspecified atom stereocenters. The van der Waals surface area contributed by atoms with Crippen molar-refractivity contribution in [2.75, 3.05) is 13.1 Å². The Labute approximate surface area is 103 Å². The molecule has 1 heterocycles. The van der Waals surface area contributed by atoms with Crippen LogP contribution in [0, 0.1) is 5.92 Å². The molecule has 1 aliphatic carbocycles. The van der Waals surface area contributed by atoms with E-state index < -0.39 is 0 Å². The van der Waals surface area contributed by atoms with Crippen LogP contribution in [0.2, 0.25) is 0 Å². The maximum Gasteiger partial charge on any atom is 0.119 e. The third-order valence-corrected chi connectivity index (χ3v) is 3.65. The summed E-state index contributed by atoms with van der Waals surface area (Å²) in [5.74, 6) is 1.87. The third-order valence-electron chi connectivity index (χ3n) is 3.65. The zero-order chi connectivity index (χ0) is 11.5. The lowest BCUT2D eigenvalue weighted by molar-refractivity contribution is 0.302. The molecule has 1 atom stereocenters. The van der Waals surface area contributed by atoms with Crippen molar-refractivity contribution in [2.24, 2.45) is 5.92 Å². The van der Waals surface area contributed by atoms with Crippen LogP contribution in [0.1, 0.15) is 31.2 Å². The Morgan fingerprint density at radius 3 is 2.94 bits per heavy atom. The molecule has 0 bridgehead atoms. The van der Waals surface area contributed by atoms with Gasteiger partial charge in [-0.15, -0.1) is 0 Å². The van der Waals surface area contributed by atoms with Crippen molar-refractivity contribution >= 4 is 0 Å². The molecule has 0 spiro atoms. The van der Waals surface area contributed by atoms with E-state index in [0.717, 1.165) is 11.7 Å². The van der Waals surface area contributed by atoms with E-state index in [0.29, 0.717) is 6.10 Å². The summed E-state index contributed by atoms with van der Waals surface area (Å²) in [6.07, 6.45) is 6.84. The van der Waals surface area contributed by atoms with Crippen molar-refractivity contribution in [3.8, 4) is 5.75 Å². The quantitative estimate of drug-likeness (QED) is 0.860. The summed E-state index contributed by atoms with van der Waals surface area (Å²) < 4.78 is 5.84. The smallest absolute Gasteiger partial charge is 0.119 e. The lowest BCUT2D eigenvalue weighted by Crippen LogP contribution is -2.30. The van der Waals surface area contributed by atoms with Crippen LogP contribution in [0.4, 0.5) is 0 Å². The van der Waals surface area contributed by atoms with Crippen LogP contribution in [0.15, 0.2) is 24.3 Å². The molecule has 2 aliphatic rings. The van der Waals surface area contributed by atoms with E-state index in [4.69, 9.17) is 4.74 Å². The average Bonchev–Trinajstić information content (AvgIpc) is 3.15. The standard InChI is InChI=1S/C15H21NO/c1-3-12(9-13-4-2-8-16-11-13)10-15(5-1)17-14-6-7-14/h1,3,5,10,13-14,16H,2,4,6-9,11H2. The Balaban J connectivity index is 1.60. The Morgan fingerprint density at radius 2 is 2.18 bits per heavy atom. The van der Waals surface area contributed by atoms with Gasteiger partial charge in [0.1, 0.15) is 5.75 Å². The van der Waals surface area contributed by atoms with E-state index in [1.807, 2.05) is 0 Å². The maximum absolute atomic E-state index is 5.84. The maximum atomic E-state index is 5.84. The van der Waals surface area contributed by atoms with Crippen molar-refractivity contribution in [3.05, 3.63) is 29.8 Å². The van der Waals surface area contributed by atoms with Crippen molar-refractivity contribution in [3.63, 3.8) is 0 Å². The lowest BCUT2D eigenvalue weighted by Gasteiger charge is -2.22. The predicted molar refractivity (Wildman–Crippen MR) is 69.4 cm³/mol. The summed E-state index contributed by atoms with van der Waals surface area (Å²) in [6, 6.07) is 8.67. The van der Waals surface area contributed by atoms with Crippen LogP contribution in [0.25, 0.3) is 0 Å². The van der Waals surface area contributed by atoms with Gasteiger partial charge < -0.3 is 10.1 Å². The summed E-state index contributed by atoms with van der Waals surface area (Å²) in [5.41, 5.74) is 1.43. The molecule has 2 fully saturated rings. The summed E-state index contributed by atoms with van der Waals surface area (Å²) in [7, 11) is 0. The fourth-order valence-electron chi connectivity index (χ4n) is 2.56. The molecule has 0 aromatic heterocycles. The second kappa shape index (κ2) is 5.09. The van der Waals surface area contributed by atoms with Gasteiger partial charge in [0, 0.05) is 0 Å². The van der Waals surface area contributed by atoms with Crippen molar-refractivity contribution in [2.45, 2.75) is 38.2 Å². The highest BCUT2D eigenvalue weighted by atomic mass is 16.5. The van der Waals surface area contributed by atoms with E-state index in [9.17, 15) is 0 Å². The highest BCUT2D eigenvalue weighted by Crippen LogP contribution is 2.27. The van der Waals surface area contributed by atoms with E-state index in [-0.39, 0.29) is 0 Å².